The largest absolute Gasteiger partial charge is 0.319 e. The second-order valence-corrected chi connectivity index (χ2v) is 6.87. The third kappa shape index (κ3) is 2.57. The maximum absolute atomic E-state index is 6.46. The fourth-order valence-corrected chi connectivity index (χ4v) is 4.03. The van der Waals surface area contributed by atoms with Crippen molar-refractivity contribution in [2.24, 2.45) is 5.73 Å². The topological polar surface area (TPSA) is 38.9 Å². The fourth-order valence-electron chi connectivity index (χ4n) is 2.62. The Hall–Kier alpha value is -0.840. The molecule has 1 aliphatic rings. The van der Waals surface area contributed by atoms with Gasteiger partial charge >= 0.3 is 0 Å². The summed E-state index contributed by atoms with van der Waals surface area (Å²) < 4.78 is 0. The first-order valence-electron chi connectivity index (χ1n) is 6.61. The van der Waals surface area contributed by atoms with Gasteiger partial charge in [0.1, 0.15) is 5.01 Å². The van der Waals surface area contributed by atoms with E-state index in [1.54, 1.807) is 23.1 Å². The van der Waals surface area contributed by atoms with Crippen molar-refractivity contribution in [1.29, 1.82) is 0 Å². The summed E-state index contributed by atoms with van der Waals surface area (Å²) in [4.78, 5) is 6.06. The van der Waals surface area contributed by atoms with Crippen LogP contribution in [0.15, 0.2) is 34.5 Å². The van der Waals surface area contributed by atoms with Crippen LogP contribution in [0.5, 0.6) is 0 Å². The van der Waals surface area contributed by atoms with Gasteiger partial charge in [-0.05, 0) is 31.2 Å². The minimum Gasteiger partial charge on any atom is -0.319 e. The molecule has 4 heteroatoms. The molecule has 0 amide bonds. The Morgan fingerprint density at radius 2 is 1.89 bits per heavy atom. The highest BCUT2D eigenvalue weighted by molar-refractivity contribution is 7.98. The lowest BCUT2D eigenvalue weighted by Gasteiger charge is -2.19. The molecule has 0 unspecified atom stereocenters. The summed E-state index contributed by atoms with van der Waals surface area (Å²) in [7, 11) is 0. The summed E-state index contributed by atoms with van der Waals surface area (Å²) >= 11 is 3.47. The van der Waals surface area contributed by atoms with Crippen LogP contribution in [0.2, 0.25) is 0 Å². The van der Waals surface area contributed by atoms with E-state index in [1.165, 1.54) is 23.3 Å². The maximum atomic E-state index is 6.46. The van der Waals surface area contributed by atoms with Crippen LogP contribution in [0.3, 0.4) is 0 Å². The van der Waals surface area contributed by atoms with Gasteiger partial charge in [0, 0.05) is 15.8 Å². The maximum Gasteiger partial charge on any atom is 0.113 e. The quantitative estimate of drug-likeness (QED) is 0.858. The van der Waals surface area contributed by atoms with Gasteiger partial charge in [-0.25, -0.2) is 4.98 Å². The average Bonchev–Trinajstić information content (AvgIpc) is 3.08. The molecule has 1 heterocycles. The molecule has 0 aliphatic heterocycles. The first kappa shape index (κ1) is 13.2. The fraction of sp³-hybridized carbons (Fsp3) is 0.400. The molecule has 1 saturated carbocycles. The SMILES string of the molecule is CSc1ccc(-c2csc(C3(N)CCCC3)n2)cc1. The number of thiazole rings is 1. The predicted octanol–water partition coefficient (Wildman–Crippen LogP) is 4.26. The van der Waals surface area contributed by atoms with E-state index in [1.807, 2.05) is 0 Å². The number of aromatic nitrogens is 1. The van der Waals surface area contributed by atoms with E-state index in [4.69, 9.17) is 10.7 Å². The highest BCUT2D eigenvalue weighted by atomic mass is 32.2. The van der Waals surface area contributed by atoms with Gasteiger partial charge in [0.2, 0.25) is 0 Å². The standard InChI is InChI=1S/C15H18N2S2/c1-18-12-6-4-11(5-7-12)13-10-19-14(17-13)15(16)8-2-3-9-15/h4-7,10H,2-3,8-9,16H2,1H3. The molecule has 2 aromatic rings. The van der Waals surface area contributed by atoms with E-state index in [-0.39, 0.29) is 5.54 Å². The second kappa shape index (κ2) is 5.27. The van der Waals surface area contributed by atoms with Gasteiger partial charge in [-0.1, -0.05) is 25.0 Å². The van der Waals surface area contributed by atoms with Crippen molar-refractivity contribution in [3.8, 4) is 11.3 Å². The van der Waals surface area contributed by atoms with Gasteiger partial charge in [-0.15, -0.1) is 23.1 Å². The van der Waals surface area contributed by atoms with Crippen LogP contribution in [0.25, 0.3) is 11.3 Å². The molecular formula is C15H18N2S2. The summed E-state index contributed by atoms with van der Waals surface area (Å²) in [5.41, 5.74) is 8.54. The Labute approximate surface area is 122 Å². The van der Waals surface area contributed by atoms with E-state index in [0.717, 1.165) is 23.5 Å². The molecule has 1 aliphatic carbocycles. The minimum absolute atomic E-state index is 0.165. The number of nitrogens with zero attached hydrogens (tertiary/aromatic N) is 1. The second-order valence-electron chi connectivity index (χ2n) is 5.13. The molecular weight excluding hydrogens is 272 g/mol. The summed E-state index contributed by atoms with van der Waals surface area (Å²) in [6.45, 7) is 0. The zero-order valence-corrected chi connectivity index (χ0v) is 12.7. The Bertz CT molecular complexity index is 554. The van der Waals surface area contributed by atoms with E-state index in [9.17, 15) is 0 Å². The smallest absolute Gasteiger partial charge is 0.113 e. The number of hydrogen-bond donors (Lipinski definition) is 1. The molecule has 100 valence electrons. The third-order valence-electron chi connectivity index (χ3n) is 3.81. The lowest BCUT2D eigenvalue weighted by molar-refractivity contribution is 0.459. The van der Waals surface area contributed by atoms with Crippen molar-refractivity contribution < 1.29 is 0 Å². The monoisotopic (exact) mass is 290 g/mol. The highest BCUT2D eigenvalue weighted by Crippen LogP contribution is 2.39. The number of hydrogen-bond acceptors (Lipinski definition) is 4. The van der Waals surface area contributed by atoms with Crippen LogP contribution in [0.1, 0.15) is 30.7 Å². The van der Waals surface area contributed by atoms with Crippen LogP contribution in [-0.2, 0) is 5.54 Å². The molecule has 1 aromatic heterocycles. The van der Waals surface area contributed by atoms with Crippen LogP contribution in [-0.4, -0.2) is 11.2 Å². The Balaban J connectivity index is 1.87. The number of rotatable bonds is 3. The van der Waals surface area contributed by atoms with Crippen LogP contribution >= 0.6 is 23.1 Å². The zero-order chi connectivity index (χ0) is 13.3. The molecule has 0 saturated heterocycles. The molecule has 1 fully saturated rings. The molecule has 0 spiro atoms. The normalized spacial score (nSPS) is 17.8. The number of thioether (sulfide) groups is 1. The molecule has 1 aromatic carbocycles. The Morgan fingerprint density at radius 3 is 2.53 bits per heavy atom. The average molecular weight is 290 g/mol. The lowest BCUT2D eigenvalue weighted by atomic mass is 10.0. The van der Waals surface area contributed by atoms with Crippen molar-refractivity contribution in [3.05, 3.63) is 34.7 Å². The van der Waals surface area contributed by atoms with Crippen LogP contribution in [0.4, 0.5) is 0 Å². The van der Waals surface area contributed by atoms with Gasteiger partial charge in [0.05, 0.1) is 11.2 Å². The van der Waals surface area contributed by atoms with E-state index in [2.05, 4.69) is 35.9 Å². The van der Waals surface area contributed by atoms with Crippen molar-refractivity contribution in [3.63, 3.8) is 0 Å². The van der Waals surface area contributed by atoms with Gasteiger partial charge in [-0.3, -0.25) is 0 Å². The molecule has 0 bridgehead atoms. The summed E-state index contributed by atoms with van der Waals surface area (Å²) in [5.74, 6) is 0. The van der Waals surface area contributed by atoms with Gasteiger partial charge < -0.3 is 5.73 Å². The number of benzene rings is 1. The summed E-state index contributed by atoms with van der Waals surface area (Å²) in [6, 6.07) is 8.57. The van der Waals surface area contributed by atoms with E-state index in [0.29, 0.717) is 0 Å². The van der Waals surface area contributed by atoms with Crippen molar-refractivity contribution >= 4 is 23.1 Å². The van der Waals surface area contributed by atoms with Crippen LogP contribution in [0, 0.1) is 0 Å². The highest BCUT2D eigenvalue weighted by Gasteiger charge is 2.34. The van der Waals surface area contributed by atoms with E-state index < -0.39 is 0 Å². The molecule has 2 nitrogen and oxygen atoms in total. The minimum atomic E-state index is -0.165. The Kier molecular flexibility index (Phi) is 3.65. The molecule has 19 heavy (non-hydrogen) atoms. The lowest BCUT2D eigenvalue weighted by Crippen LogP contribution is -2.32. The number of nitrogens with two attached hydrogens (primary N) is 1. The molecule has 0 radical (unpaired) electrons. The van der Waals surface area contributed by atoms with Crippen LogP contribution < -0.4 is 5.73 Å². The van der Waals surface area contributed by atoms with Gasteiger partial charge in [-0.2, -0.15) is 0 Å². The van der Waals surface area contributed by atoms with Gasteiger partial charge in [0.25, 0.3) is 0 Å². The van der Waals surface area contributed by atoms with Crippen molar-refractivity contribution in [1.82, 2.24) is 4.98 Å². The van der Waals surface area contributed by atoms with E-state index >= 15 is 0 Å². The molecule has 2 N–H and O–H groups in total. The third-order valence-corrected chi connectivity index (χ3v) is 5.62. The first-order valence-corrected chi connectivity index (χ1v) is 8.71. The van der Waals surface area contributed by atoms with Crippen molar-refractivity contribution in [2.75, 3.05) is 6.26 Å². The molecule has 0 atom stereocenters. The molecule has 3 rings (SSSR count). The van der Waals surface area contributed by atoms with Gasteiger partial charge in [0.15, 0.2) is 0 Å². The first-order chi connectivity index (χ1) is 9.21. The predicted molar refractivity (Wildman–Crippen MR) is 83.7 cm³/mol. The summed E-state index contributed by atoms with van der Waals surface area (Å²) in [5, 5.41) is 3.24. The summed E-state index contributed by atoms with van der Waals surface area (Å²) in [6.07, 6.45) is 6.70. The van der Waals surface area contributed by atoms with Crippen molar-refractivity contribution in [2.45, 2.75) is 36.1 Å². The Morgan fingerprint density at radius 1 is 1.21 bits per heavy atom. The zero-order valence-electron chi connectivity index (χ0n) is 11.1.